The van der Waals surface area contributed by atoms with E-state index < -0.39 is 15.8 Å². The van der Waals surface area contributed by atoms with E-state index in [2.05, 4.69) is 0 Å². The smallest absolute Gasteiger partial charge is 0.335 e. The van der Waals surface area contributed by atoms with Crippen molar-refractivity contribution in [3.05, 3.63) is 84.4 Å². The van der Waals surface area contributed by atoms with Gasteiger partial charge >= 0.3 is 5.97 Å². The number of para-hydroxylation sites is 1. The van der Waals surface area contributed by atoms with Gasteiger partial charge in [-0.2, -0.15) is 0 Å². The molecule has 0 fully saturated rings. The fraction of sp³-hybridized carbons (Fsp3) is 0. The molecule has 0 amide bonds. The van der Waals surface area contributed by atoms with E-state index in [-0.39, 0.29) is 15.4 Å². The van der Waals surface area contributed by atoms with Crippen LogP contribution in [-0.2, 0) is 9.84 Å². The fourth-order valence-corrected chi connectivity index (χ4v) is 3.49. The summed E-state index contributed by atoms with van der Waals surface area (Å²) in [5.74, 6) is 0.0695. The van der Waals surface area contributed by atoms with Crippen LogP contribution < -0.4 is 4.74 Å². The van der Waals surface area contributed by atoms with Crippen molar-refractivity contribution in [2.45, 2.75) is 9.79 Å². The second-order valence-electron chi connectivity index (χ2n) is 5.22. The van der Waals surface area contributed by atoms with Crippen LogP contribution in [0, 0.1) is 0 Å². The number of sulfone groups is 1. The number of ether oxygens (including phenoxy) is 1. The molecule has 5 nitrogen and oxygen atoms in total. The Hall–Kier alpha value is -3.12. The van der Waals surface area contributed by atoms with Crippen molar-refractivity contribution in [2.75, 3.05) is 0 Å². The van der Waals surface area contributed by atoms with Gasteiger partial charge in [-0.05, 0) is 60.7 Å². The molecule has 0 aliphatic heterocycles. The highest BCUT2D eigenvalue weighted by molar-refractivity contribution is 7.91. The van der Waals surface area contributed by atoms with Crippen molar-refractivity contribution in [2.24, 2.45) is 0 Å². The van der Waals surface area contributed by atoms with Crippen molar-refractivity contribution in [1.29, 1.82) is 0 Å². The summed E-state index contributed by atoms with van der Waals surface area (Å²) >= 11 is 0. The van der Waals surface area contributed by atoms with Crippen LogP contribution >= 0.6 is 0 Å². The van der Waals surface area contributed by atoms with E-state index in [9.17, 15) is 13.2 Å². The van der Waals surface area contributed by atoms with Crippen LogP contribution in [0.3, 0.4) is 0 Å². The first kappa shape index (κ1) is 16.7. The van der Waals surface area contributed by atoms with Gasteiger partial charge in [0.2, 0.25) is 9.84 Å². The number of aromatic carboxylic acids is 1. The van der Waals surface area contributed by atoms with Gasteiger partial charge in [0.05, 0.1) is 15.4 Å². The van der Waals surface area contributed by atoms with Gasteiger partial charge in [-0.15, -0.1) is 0 Å². The number of hydrogen-bond acceptors (Lipinski definition) is 4. The van der Waals surface area contributed by atoms with Gasteiger partial charge in [0.1, 0.15) is 11.5 Å². The lowest BCUT2D eigenvalue weighted by Crippen LogP contribution is -2.03. The molecule has 126 valence electrons. The van der Waals surface area contributed by atoms with Crippen LogP contribution in [0.2, 0.25) is 0 Å². The Morgan fingerprint density at radius 3 is 1.72 bits per heavy atom. The minimum absolute atomic E-state index is 0.0329. The zero-order valence-electron chi connectivity index (χ0n) is 13.0. The Balaban J connectivity index is 1.84. The minimum Gasteiger partial charge on any atom is -0.478 e. The highest BCUT2D eigenvalue weighted by Crippen LogP contribution is 2.26. The van der Waals surface area contributed by atoms with Crippen LogP contribution in [0.1, 0.15) is 10.4 Å². The summed E-state index contributed by atoms with van der Waals surface area (Å²) in [6, 6.07) is 20.3. The minimum atomic E-state index is -3.72. The zero-order chi connectivity index (χ0) is 17.9. The lowest BCUT2D eigenvalue weighted by atomic mass is 10.2. The molecule has 0 bridgehead atoms. The average Bonchev–Trinajstić information content (AvgIpc) is 2.63. The number of carboxylic acid groups (broad SMARTS) is 1. The molecular formula is C19H14O5S. The fourth-order valence-electron chi connectivity index (χ4n) is 2.22. The summed E-state index contributed by atoms with van der Waals surface area (Å²) in [5, 5.41) is 8.88. The Labute approximate surface area is 145 Å². The van der Waals surface area contributed by atoms with Crippen LogP contribution in [0.5, 0.6) is 11.5 Å². The molecule has 3 aromatic rings. The standard InChI is InChI=1S/C19H14O5S/c20-19(21)14-6-10-17(11-7-14)25(22,23)18-12-8-16(9-13-18)24-15-4-2-1-3-5-15/h1-13H,(H,20,21). The van der Waals surface area contributed by atoms with E-state index >= 15 is 0 Å². The molecule has 25 heavy (non-hydrogen) atoms. The number of hydrogen-bond donors (Lipinski definition) is 1. The van der Waals surface area contributed by atoms with Crippen LogP contribution in [0.4, 0.5) is 0 Å². The average molecular weight is 354 g/mol. The molecule has 0 heterocycles. The Morgan fingerprint density at radius 1 is 0.720 bits per heavy atom. The first-order valence-corrected chi connectivity index (χ1v) is 8.86. The normalized spacial score (nSPS) is 11.0. The molecule has 0 atom stereocenters. The highest BCUT2D eigenvalue weighted by atomic mass is 32.2. The zero-order valence-corrected chi connectivity index (χ0v) is 13.8. The van der Waals surface area contributed by atoms with Gasteiger partial charge in [0.15, 0.2) is 0 Å². The van der Waals surface area contributed by atoms with E-state index in [1.807, 2.05) is 18.2 Å². The quantitative estimate of drug-likeness (QED) is 0.749. The maximum Gasteiger partial charge on any atom is 0.335 e. The molecule has 3 rings (SSSR count). The molecule has 0 radical (unpaired) electrons. The molecule has 6 heteroatoms. The molecule has 0 aromatic heterocycles. The molecule has 0 saturated heterocycles. The van der Waals surface area contributed by atoms with Gasteiger partial charge in [-0.25, -0.2) is 13.2 Å². The van der Waals surface area contributed by atoms with Crippen LogP contribution in [0.25, 0.3) is 0 Å². The summed E-state index contributed by atoms with van der Waals surface area (Å²) in [6.07, 6.45) is 0. The SMILES string of the molecule is O=C(O)c1ccc(S(=O)(=O)c2ccc(Oc3ccccc3)cc2)cc1. The van der Waals surface area contributed by atoms with Crippen molar-refractivity contribution >= 4 is 15.8 Å². The van der Waals surface area contributed by atoms with E-state index in [1.54, 1.807) is 24.3 Å². The van der Waals surface area contributed by atoms with Crippen molar-refractivity contribution in [3.8, 4) is 11.5 Å². The van der Waals surface area contributed by atoms with E-state index in [1.165, 1.54) is 36.4 Å². The van der Waals surface area contributed by atoms with Gasteiger partial charge in [-0.3, -0.25) is 0 Å². The van der Waals surface area contributed by atoms with Crippen LogP contribution in [0.15, 0.2) is 88.7 Å². The molecule has 0 saturated carbocycles. The maximum atomic E-state index is 12.6. The molecular weight excluding hydrogens is 340 g/mol. The molecule has 0 aliphatic carbocycles. The Morgan fingerprint density at radius 2 is 1.20 bits per heavy atom. The molecule has 0 aliphatic rings. The van der Waals surface area contributed by atoms with Crippen molar-refractivity contribution in [1.82, 2.24) is 0 Å². The van der Waals surface area contributed by atoms with Gasteiger partial charge in [0, 0.05) is 0 Å². The largest absolute Gasteiger partial charge is 0.478 e. The maximum absolute atomic E-state index is 12.6. The number of benzene rings is 3. The number of carbonyl (C=O) groups is 1. The third-order valence-corrected chi connectivity index (χ3v) is 5.31. The van der Waals surface area contributed by atoms with Gasteiger partial charge in [0.25, 0.3) is 0 Å². The predicted octanol–water partition coefficient (Wildman–Crippen LogP) is 4.01. The molecule has 0 unspecified atom stereocenters. The summed E-state index contributed by atoms with van der Waals surface area (Å²) < 4.78 is 30.8. The van der Waals surface area contributed by atoms with Gasteiger partial charge in [-0.1, -0.05) is 18.2 Å². The monoisotopic (exact) mass is 354 g/mol. The summed E-state index contributed by atoms with van der Waals surface area (Å²) in [6.45, 7) is 0. The molecule has 0 spiro atoms. The highest BCUT2D eigenvalue weighted by Gasteiger charge is 2.18. The van der Waals surface area contributed by atoms with Gasteiger partial charge < -0.3 is 9.84 Å². The van der Waals surface area contributed by atoms with Crippen molar-refractivity contribution in [3.63, 3.8) is 0 Å². The summed E-state index contributed by atoms with van der Waals surface area (Å²) in [7, 11) is -3.72. The summed E-state index contributed by atoms with van der Waals surface area (Å²) in [4.78, 5) is 11.0. The molecule has 1 N–H and O–H groups in total. The second-order valence-corrected chi connectivity index (χ2v) is 7.17. The Kier molecular flexibility index (Phi) is 4.54. The first-order chi connectivity index (χ1) is 12.0. The number of carboxylic acids is 1. The predicted molar refractivity (Wildman–Crippen MR) is 91.8 cm³/mol. The van der Waals surface area contributed by atoms with E-state index in [4.69, 9.17) is 9.84 Å². The van der Waals surface area contributed by atoms with E-state index in [0.29, 0.717) is 11.5 Å². The lowest BCUT2D eigenvalue weighted by Gasteiger charge is -2.08. The van der Waals surface area contributed by atoms with Crippen molar-refractivity contribution < 1.29 is 23.1 Å². The third kappa shape index (κ3) is 3.70. The van der Waals surface area contributed by atoms with E-state index in [0.717, 1.165) is 0 Å². The topological polar surface area (TPSA) is 80.7 Å². The number of rotatable bonds is 5. The second kappa shape index (κ2) is 6.78. The first-order valence-electron chi connectivity index (χ1n) is 7.38. The van der Waals surface area contributed by atoms with Crippen LogP contribution in [-0.4, -0.2) is 19.5 Å². The molecule has 3 aromatic carbocycles. The third-order valence-electron chi connectivity index (χ3n) is 3.52. The summed E-state index contributed by atoms with van der Waals surface area (Å²) in [5.41, 5.74) is 0.0329. The lowest BCUT2D eigenvalue weighted by molar-refractivity contribution is 0.0696. The Bertz CT molecular complexity index is 976.